The lowest BCUT2D eigenvalue weighted by atomic mass is 10.2. The van der Waals surface area contributed by atoms with Crippen molar-refractivity contribution in [2.75, 3.05) is 17.2 Å². The zero-order valence-corrected chi connectivity index (χ0v) is 11.6. The molecule has 0 heterocycles. The molecule has 0 unspecified atom stereocenters. The van der Waals surface area contributed by atoms with E-state index in [0.717, 1.165) is 37.2 Å². The molecule has 0 saturated heterocycles. The van der Waals surface area contributed by atoms with Gasteiger partial charge in [-0.2, -0.15) is 0 Å². The van der Waals surface area contributed by atoms with Gasteiger partial charge in [-0.25, -0.2) is 4.79 Å². The predicted molar refractivity (Wildman–Crippen MR) is 79.3 cm³/mol. The van der Waals surface area contributed by atoms with Gasteiger partial charge in [-0.15, -0.1) is 0 Å². The highest BCUT2D eigenvalue weighted by Crippen LogP contribution is 2.20. The Morgan fingerprint density at radius 2 is 1.95 bits per heavy atom. The van der Waals surface area contributed by atoms with E-state index in [4.69, 9.17) is 5.73 Å². The minimum atomic E-state index is 0.0125. The van der Waals surface area contributed by atoms with Crippen molar-refractivity contribution in [3.05, 3.63) is 24.3 Å². The van der Waals surface area contributed by atoms with E-state index in [9.17, 15) is 4.79 Å². The Hall–Kier alpha value is -1.71. The summed E-state index contributed by atoms with van der Waals surface area (Å²) in [6.07, 6.45) is 5.59. The number of nitrogens with one attached hydrogen (secondary N) is 1. The van der Waals surface area contributed by atoms with Crippen LogP contribution in [0.5, 0.6) is 0 Å². The van der Waals surface area contributed by atoms with Crippen LogP contribution in [0.25, 0.3) is 0 Å². The summed E-state index contributed by atoms with van der Waals surface area (Å²) in [5, 5.41) is 3.13. The maximum absolute atomic E-state index is 12.4. The molecule has 3 N–H and O–H groups in total. The highest BCUT2D eigenvalue weighted by atomic mass is 16.2. The normalized spacial score (nSPS) is 15.4. The van der Waals surface area contributed by atoms with Crippen molar-refractivity contribution in [2.45, 2.75) is 45.1 Å². The molecule has 1 saturated carbocycles. The van der Waals surface area contributed by atoms with Crippen molar-refractivity contribution in [3.63, 3.8) is 0 Å². The van der Waals surface area contributed by atoms with Crippen LogP contribution in [-0.2, 0) is 0 Å². The minimum Gasteiger partial charge on any atom is -0.399 e. The van der Waals surface area contributed by atoms with Crippen molar-refractivity contribution >= 4 is 17.4 Å². The van der Waals surface area contributed by atoms with E-state index < -0.39 is 0 Å². The van der Waals surface area contributed by atoms with Gasteiger partial charge in [-0.1, -0.05) is 19.8 Å². The summed E-state index contributed by atoms with van der Waals surface area (Å²) in [6.45, 7) is 2.80. The Morgan fingerprint density at radius 3 is 2.53 bits per heavy atom. The number of benzene rings is 1. The average molecular weight is 261 g/mol. The highest BCUT2D eigenvalue weighted by molar-refractivity contribution is 5.92. The quantitative estimate of drug-likeness (QED) is 0.818. The van der Waals surface area contributed by atoms with Crippen LogP contribution in [0.15, 0.2) is 24.3 Å². The summed E-state index contributed by atoms with van der Waals surface area (Å²) < 4.78 is 0. The van der Waals surface area contributed by atoms with Crippen LogP contribution < -0.4 is 16.0 Å². The van der Waals surface area contributed by atoms with Gasteiger partial charge >= 0.3 is 6.03 Å². The molecule has 19 heavy (non-hydrogen) atoms. The van der Waals surface area contributed by atoms with E-state index in [2.05, 4.69) is 12.2 Å². The number of hydrogen-bond acceptors (Lipinski definition) is 2. The molecule has 1 aliphatic rings. The fraction of sp³-hybridized carbons (Fsp3) is 0.533. The van der Waals surface area contributed by atoms with Crippen LogP contribution in [0.3, 0.4) is 0 Å². The molecule has 1 aromatic carbocycles. The Labute approximate surface area is 115 Å². The van der Waals surface area contributed by atoms with Gasteiger partial charge in [0.25, 0.3) is 0 Å². The minimum absolute atomic E-state index is 0.0125. The summed E-state index contributed by atoms with van der Waals surface area (Å²) in [6, 6.07) is 7.83. The lowest BCUT2D eigenvalue weighted by Crippen LogP contribution is -2.44. The topological polar surface area (TPSA) is 58.4 Å². The molecule has 4 heteroatoms. The smallest absolute Gasteiger partial charge is 0.322 e. The second-order valence-electron chi connectivity index (χ2n) is 5.17. The Balaban J connectivity index is 2.05. The van der Waals surface area contributed by atoms with Crippen molar-refractivity contribution in [1.82, 2.24) is 5.32 Å². The number of amides is 2. The van der Waals surface area contributed by atoms with Gasteiger partial charge in [0.05, 0.1) is 0 Å². The molecule has 0 bridgehead atoms. The fourth-order valence-electron chi connectivity index (χ4n) is 2.55. The number of nitrogen functional groups attached to an aromatic ring is 1. The molecule has 1 fully saturated rings. The molecule has 2 amide bonds. The van der Waals surface area contributed by atoms with Crippen molar-refractivity contribution in [1.29, 1.82) is 0 Å². The van der Waals surface area contributed by atoms with E-state index in [0.29, 0.717) is 6.04 Å². The monoisotopic (exact) mass is 261 g/mol. The largest absolute Gasteiger partial charge is 0.399 e. The summed E-state index contributed by atoms with van der Waals surface area (Å²) in [4.78, 5) is 14.2. The van der Waals surface area contributed by atoms with E-state index >= 15 is 0 Å². The van der Waals surface area contributed by atoms with Gasteiger partial charge in [-0.05, 0) is 43.5 Å². The molecular formula is C15H23N3O. The maximum atomic E-state index is 12.4. The molecule has 1 aliphatic carbocycles. The third-order valence-electron chi connectivity index (χ3n) is 3.58. The van der Waals surface area contributed by atoms with Gasteiger partial charge in [0, 0.05) is 24.0 Å². The van der Waals surface area contributed by atoms with Crippen LogP contribution in [0.2, 0.25) is 0 Å². The molecule has 0 atom stereocenters. The van der Waals surface area contributed by atoms with Crippen LogP contribution in [0.1, 0.15) is 39.0 Å². The van der Waals surface area contributed by atoms with Gasteiger partial charge in [-0.3, -0.25) is 4.90 Å². The zero-order chi connectivity index (χ0) is 13.7. The van der Waals surface area contributed by atoms with Gasteiger partial charge in [0.15, 0.2) is 0 Å². The first-order chi connectivity index (χ1) is 9.20. The van der Waals surface area contributed by atoms with Crippen LogP contribution in [-0.4, -0.2) is 18.6 Å². The molecule has 0 radical (unpaired) electrons. The van der Waals surface area contributed by atoms with Crippen LogP contribution in [0, 0.1) is 0 Å². The first kappa shape index (κ1) is 13.7. The molecule has 0 spiro atoms. The van der Waals surface area contributed by atoms with E-state index in [1.165, 1.54) is 12.8 Å². The molecule has 0 aromatic heterocycles. The van der Waals surface area contributed by atoms with E-state index in [1.54, 1.807) is 4.90 Å². The number of anilines is 2. The average Bonchev–Trinajstić information content (AvgIpc) is 2.90. The summed E-state index contributed by atoms with van der Waals surface area (Å²) in [5.41, 5.74) is 7.32. The number of hydrogen-bond donors (Lipinski definition) is 2. The van der Waals surface area contributed by atoms with Crippen molar-refractivity contribution < 1.29 is 4.79 Å². The Kier molecular flexibility index (Phi) is 4.66. The molecule has 104 valence electrons. The number of urea groups is 1. The highest BCUT2D eigenvalue weighted by Gasteiger charge is 2.21. The summed E-state index contributed by atoms with van der Waals surface area (Å²) >= 11 is 0. The number of nitrogens with zero attached hydrogens (tertiary/aromatic N) is 1. The second-order valence-corrected chi connectivity index (χ2v) is 5.17. The van der Waals surface area contributed by atoms with Gasteiger partial charge in [0.1, 0.15) is 0 Å². The van der Waals surface area contributed by atoms with Crippen molar-refractivity contribution in [2.24, 2.45) is 0 Å². The zero-order valence-electron chi connectivity index (χ0n) is 11.6. The van der Waals surface area contributed by atoms with E-state index in [1.807, 2.05) is 24.3 Å². The number of nitrogens with two attached hydrogens (primary N) is 1. The molecule has 0 aliphatic heterocycles. The van der Waals surface area contributed by atoms with Crippen LogP contribution >= 0.6 is 0 Å². The fourth-order valence-corrected chi connectivity index (χ4v) is 2.55. The van der Waals surface area contributed by atoms with E-state index in [-0.39, 0.29) is 6.03 Å². The first-order valence-electron chi connectivity index (χ1n) is 7.14. The van der Waals surface area contributed by atoms with Crippen molar-refractivity contribution in [3.8, 4) is 0 Å². The van der Waals surface area contributed by atoms with Crippen LogP contribution in [0.4, 0.5) is 16.2 Å². The SMILES string of the molecule is CCCN(C(=O)NC1CCCC1)c1ccc(N)cc1. The molecule has 1 aromatic rings. The Bertz CT molecular complexity index is 410. The predicted octanol–water partition coefficient (Wildman–Crippen LogP) is 3.14. The van der Waals surface area contributed by atoms with Gasteiger partial charge in [0.2, 0.25) is 0 Å². The summed E-state index contributed by atoms with van der Waals surface area (Å²) in [7, 11) is 0. The Morgan fingerprint density at radius 1 is 1.32 bits per heavy atom. The molecular weight excluding hydrogens is 238 g/mol. The van der Waals surface area contributed by atoms with Gasteiger partial charge < -0.3 is 11.1 Å². The lowest BCUT2D eigenvalue weighted by molar-refractivity contribution is 0.242. The lowest BCUT2D eigenvalue weighted by Gasteiger charge is -2.25. The second kappa shape index (κ2) is 6.45. The molecule has 2 rings (SSSR count). The standard InChI is InChI=1S/C15H23N3O/c1-2-11-18(14-9-7-12(16)8-10-14)15(19)17-13-5-3-4-6-13/h7-10,13H,2-6,11,16H2,1H3,(H,17,19). The molecule has 4 nitrogen and oxygen atoms in total. The number of rotatable bonds is 4. The first-order valence-corrected chi connectivity index (χ1v) is 7.14. The summed E-state index contributed by atoms with van der Waals surface area (Å²) in [5.74, 6) is 0. The maximum Gasteiger partial charge on any atom is 0.322 e. The third kappa shape index (κ3) is 3.63. The number of carbonyl (C=O) groups is 1. The third-order valence-corrected chi connectivity index (χ3v) is 3.58. The number of carbonyl (C=O) groups excluding carboxylic acids is 1.